The number of aromatic nitrogens is 2. The maximum Gasteiger partial charge on any atom is 0.0917 e. The number of hydrogen-bond acceptors (Lipinski definition) is 2. The van der Waals surface area contributed by atoms with Crippen molar-refractivity contribution in [3.63, 3.8) is 0 Å². The highest BCUT2D eigenvalue weighted by molar-refractivity contribution is 6.30. The molecular formula is C16H16ClN3. The van der Waals surface area contributed by atoms with E-state index in [-0.39, 0.29) is 6.04 Å². The highest BCUT2D eigenvalue weighted by Gasteiger charge is 2.18. The Bertz CT molecular complexity index is 731. The Morgan fingerprint density at radius 1 is 1.10 bits per heavy atom. The van der Waals surface area contributed by atoms with Crippen LogP contribution in [0.4, 0.5) is 0 Å². The maximum absolute atomic E-state index is 5.96. The summed E-state index contributed by atoms with van der Waals surface area (Å²) in [6.07, 6.45) is 0. The van der Waals surface area contributed by atoms with E-state index >= 15 is 0 Å². The number of halogens is 1. The van der Waals surface area contributed by atoms with Crippen LogP contribution in [0.3, 0.4) is 0 Å². The molecule has 1 heterocycles. The normalized spacial score (nSPS) is 12.8. The topological polar surface area (TPSA) is 29.9 Å². The molecule has 0 saturated carbocycles. The number of hydrogen-bond donors (Lipinski definition) is 1. The van der Waals surface area contributed by atoms with Crippen molar-refractivity contribution in [2.45, 2.75) is 6.04 Å². The molecule has 0 aliphatic carbocycles. The fourth-order valence-electron chi connectivity index (χ4n) is 2.57. The Hall–Kier alpha value is -1.84. The quantitative estimate of drug-likeness (QED) is 0.798. The highest BCUT2D eigenvalue weighted by atomic mass is 35.5. The zero-order chi connectivity index (χ0) is 14.1. The van der Waals surface area contributed by atoms with Crippen LogP contribution in [-0.4, -0.2) is 16.8 Å². The van der Waals surface area contributed by atoms with Gasteiger partial charge < -0.3 is 5.32 Å². The molecule has 20 heavy (non-hydrogen) atoms. The molecule has 102 valence electrons. The molecule has 0 saturated heterocycles. The van der Waals surface area contributed by atoms with Crippen molar-refractivity contribution in [3.8, 4) is 0 Å². The van der Waals surface area contributed by atoms with Gasteiger partial charge in [0, 0.05) is 17.5 Å². The van der Waals surface area contributed by atoms with Crippen LogP contribution in [0.1, 0.15) is 17.3 Å². The molecule has 1 N–H and O–H groups in total. The molecule has 0 aliphatic rings. The van der Waals surface area contributed by atoms with Crippen LogP contribution in [0, 0.1) is 0 Å². The van der Waals surface area contributed by atoms with Crippen LogP contribution >= 0.6 is 11.6 Å². The van der Waals surface area contributed by atoms with Crippen molar-refractivity contribution in [2.75, 3.05) is 7.05 Å². The largest absolute Gasteiger partial charge is 0.308 e. The molecule has 3 nitrogen and oxygen atoms in total. The van der Waals surface area contributed by atoms with Gasteiger partial charge in [-0.2, -0.15) is 5.10 Å². The summed E-state index contributed by atoms with van der Waals surface area (Å²) in [6.45, 7) is 0. The van der Waals surface area contributed by atoms with Gasteiger partial charge in [0.05, 0.1) is 17.3 Å². The van der Waals surface area contributed by atoms with Gasteiger partial charge in [0.15, 0.2) is 0 Å². The van der Waals surface area contributed by atoms with Gasteiger partial charge in [0.1, 0.15) is 0 Å². The first-order chi connectivity index (χ1) is 9.70. The van der Waals surface area contributed by atoms with E-state index in [0.717, 1.165) is 21.8 Å². The average Bonchev–Trinajstić information content (AvgIpc) is 2.80. The average molecular weight is 286 g/mol. The van der Waals surface area contributed by atoms with Gasteiger partial charge in [0.2, 0.25) is 0 Å². The Labute approximate surface area is 123 Å². The number of benzene rings is 2. The summed E-state index contributed by atoms with van der Waals surface area (Å²) in [5.74, 6) is 0. The molecule has 1 unspecified atom stereocenters. The lowest BCUT2D eigenvalue weighted by atomic mass is 10.0. The second-order valence-corrected chi connectivity index (χ2v) is 5.24. The van der Waals surface area contributed by atoms with E-state index in [0.29, 0.717) is 0 Å². The Kier molecular flexibility index (Phi) is 3.47. The summed E-state index contributed by atoms with van der Waals surface area (Å²) < 4.78 is 1.92. The number of nitrogens with one attached hydrogen (secondary N) is 1. The van der Waals surface area contributed by atoms with Crippen LogP contribution in [0.25, 0.3) is 10.9 Å². The van der Waals surface area contributed by atoms with Crippen LogP contribution in [0.2, 0.25) is 5.02 Å². The molecule has 0 amide bonds. The minimum Gasteiger partial charge on any atom is -0.308 e. The van der Waals surface area contributed by atoms with Crippen LogP contribution in [-0.2, 0) is 7.05 Å². The SMILES string of the molecule is CNC(c1ccc(Cl)cc1)c1nn(C)c2ccccc12. The second kappa shape index (κ2) is 5.27. The zero-order valence-corrected chi connectivity index (χ0v) is 12.2. The number of rotatable bonds is 3. The zero-order valence-electron chi connectivity index (χ0n) is 11.5. The van der Waals surface area contributed by atoms with E-state index < -0.39 is 0 Å². The molecule has 0 fully saturated rings. The number of para-hydroxylation sites is 1. The van der Waals surface area contributed by atoms with E-state index in [1.165, 1.54) is 5.39 Å². The molecule has 4 heteroatoms. The monoisotopic (exact) mass is 285 g/mol. The number of nitrogens with zero attached hydrogens (tertiary/aromatic N) is 2. The fourth-order valence-corrected chi connectivity index (χ4v) is 2.70. The molecule has 0 aliphatic heterocycles. The van der Waals surface area contributed by atoms with E-state index in [4.69, 9.17) is 11.6 Å². The van der Waals surface area contributed by atoms with Gasteiger partial charge in [-0.25, -0.2) is 0 Å². The van der Waals surface area contributed by atoms with Crippen LogP contribution in [0.5, 0.6) is 0 Å². The van der Waals surface area contributed by atoms with Crippen molar-refractivity contribution < 1.29 is 0 Å². The van der Waals surface area contributed by atoms with Crippen LogP contribution < -0.4 is 5.32 Å². The molecule has 0 spiro atoms. The van der Waals surface area contributed by atoms with Crippen molar-refractivity contribution in [2.24, 2.45) is 7.05 Å². The van der Waals surface area contributed by atoms with Gasteiger partial charge in [0.25, 0.3) is 0 Å². The predicted octanol–water partition coefficient (Wildman–Crippen LogP) is 3.54. The summed E-state index contributed by atoms with van der Waals surface area (Å²) >= 11 is 5.96. The van der Waals surface area contributed by atoms with E-state index in [9.17, 15) is 0 Å². The van der Waals surface area contributed by atoms with E-state index in [2.05, 4.69) is 22.5 Å². The Morgan fingerprint density at radius 2 is 1.80 bits per heavy atom. The lowest BCUT2D eigenvalue weighted by Crippen LogP contribution is -2.18. The van der Waals surface area contributed by atoms with Crippen molar-refractivity contribution in [1.29, 1.82) is 0 Å². The minimum atomic E-state index is 0.0540. The van der Waals surface area contributed by atoms with Gasteiger partial charge in [-0.15, -0.1) is 0 Å². The first-order valence-electron chi connectivity index (χ1n) is 6.55. The second-order valence-electron chi connectivity index (χ2n) is 4.80. The smallest absolute Gasteiger partial charge is 0.0917 e. The van der Waals surface area contributed by atoms with Crippen LogP contribution in [0.15, 0.2) is 48.5 Å². The third-order valence-corrected chi connectivity index (χ3v) is 3.80. The van der Waals surface area contributed by atoms with E-state index in [1.54, 1.807) is 0 Å². The molecule has 0 bridgehead atoms. The van der Waals surface area contributed by atoms with Crippen molar-refractivity contribution >= 4 is 22.5 Å². The minimum absolute atomic E-state index is 0.0540. The molecule has 1 aromatic heterocycles. The predicted molar refractivity (Wildman–Crippen MR) is 83.1 cm³/mol. The Balaban J connectivity index is 2.14. The number of fused-ring (bicyclic) bond motifs is 1. The lowest BCUT2D eigenvalue weighted by Gasteiger charge is -2.15. The third kappa shape index (κ3) is 2.19. The lowest BCUT2D eigenvalue weighted by molar-refractivity contribution is 0.648. The Morgan fingerprint density at radius 3 is 2.50 bits per heavy atom. The summed E-state index contributed by atoms with van der Waals surface area (Å²) in [7, 11) is 3.92. The van der Waals surface area contributed by atoms with Crippen molar-refractivity contribution in [3.05, 3.63) is 64.8 Å². The molecule has 3 aromatic rings. The van der Waals surface area contributed by atoms with Gasteiger partial charge in [-0.3, -0.25) is 4.68 Å². The summed E-state index contributed by atoms with van der Waals surface area (Å²) in [6, 6.07) is 16.2. The van der Waals surface area contributed by atoms with Gasteiger partial charge >= 0.3 is 0 Å². The summed E-state index contributed by atoms with van der Waals surface area (Å²) in [4.78, 5) is 0. The first-order valence-corrected chi connectivity index (χ1v) is 6.93. The highest BCUT2D eigenvalue weighted by Crippen LogP contribution is 2.28. The molecule has 2 aromatic carbocycles. The van der Waals surface area contributed by atoms with Crippen molar-refractivity contribution in [1.82, 2.24) is 15.1 Å². The molecule has 3 rings (SSSR count). The molecule has 0 radical (unpaired) electrons. The summed E-state index contributed by atoms with van der Waals surface area (Å²) in [5, 5.41) is 9.94. The van der Waals surface area contributed by atoms with Gasteiger partial charge in [-0.1, -0.05) is 41.9 Å². The van der Waals surface area contributed by atoms with Gasteiger partial charge in [-0.05, 0) is 30.8 Å². The first kappa shape index (κ1) is 13.2. The standard InChI is InChI=1S/C16H16ClN3/c1-18-15(11-7-9-12(17)10-8-11)16-13-5-3-4-6-14(13)20(2)19-16/h3-10,15,18H,1-2H3. The summed E-state index contributed by atoms with van der Waals surface area (Å²) in [5.41, 5.74) is 3.32. The molecular weight excluding hydrogens is 270 g/mol. The fraction of sp³-hybridized carbons (Fsp3) is 0.188. The van der Waals surface area contributed by atoms with E-state index in [1.807, 2.05) is 55.2 Å². The maximum atomic E-state index is 5.96. The molecule has 1 atom stereocenters. The third-order valence-electron chi connectivity index (χ3n) is 3.55. The number of aryl methyl sites for hydroxylation is 1.